The lowest BCUT2D eigenvalue weighted by Gasteiger charge is -2.33. The lowest BCUT2D eigenvalue weighted by Crippen LogP contribution is -2.56. The Balaban J connectivity index is 1.52. The SMILES string of the molecule is NC1CCC(NC(=O)C2N(C(=O)CCc3ccccc3)CCN2C(=O)c2ccc(Cl)c(Cl)c2)CC1. The molecule has 0 aromatic heterocycles. The lowest BCUT2D eigenvalue weighted by molar-refractivity contribution is -0.141. The summed E-state index contributed by atoms with van der Waals surface area (Å²) in [6.07, 6.45) is 3.02. The van der Waals surface area contributed by atoms with Crippen molar-refractivity contribution < 1.29 is 14.4 Å². The third-order valence-corrected chi connectivity index (χ3v) is 7.48. The Bertz CT molecular complexity index is 1070. The van der Waals surface area contributed by atoms with Crippen molar-refractivity contribution in [2.75, 3.05) is 13.1 Å². The van der Waals surface area contributed by atoms with Gasteiger partial charge in [-0.2, -0.15) is 0 Å². The molecule has 2 fully saturated rings. The molecule has 3 amide bonds. The molecule has 2 aromatic carbocycles. The van der Waals surface area contributed by atoms with E-state index in [1.807, 2.05) is 30.3 Å². The predicted octanol–water partition coefficient (Wildman–Crippen LogP) is 3.62. The first-order chi connectivity index (χ1) is 16.8. The molecule has 0 spiro atoms. The van der Waals surface area contributed by atoms with Crippen molar-refractivity contribution in [1.29, 1.82) is 0 Å². The van der Waals surface area contributed by atoms with Gasteiger partial charge in [-0.05, 0) is 55.9 Å². The Hall–Kier alpha value is -2.61. The lowest BCUT2D eigenvalue weighted by atomic mass is 9.92. The van der Waals surface area contributed by atoms with Gasteiger partial charge in [0.15, 0.2) is 6.17 Å². The molecule has 1 saturated carbocycles. The maximum Gasteiger partial charge on any atom is 0.264 e. The van der Waals surface area contributed by atoms with Crippen LogP contribution in [0.1, 0.15) is 48.0 Å². The van der Waals surface area contributed by atoms with Crippen LogP contribution in [0.15, 0.2) is 48.5 Å². The van der Waals surface area contributed by atoms with Gasteiger partial charge in [0.05, 0.1) is 10.0 Å². The summed E-state index contributed by atoms with van der Waals surface area (Å²) >= 11 is 12.1. The van der Waals surface area contributed by atoms with Gasteiger partial charge in [-0.15, -0.1) is 0 Å². The highest BCUT2D eigenvalue weighted by atomic mass is 35.5. The van der Waals surface area contributed by atoms with Gasteiger partial charge in [0.1, 0.15) is 0 Å². The minimum Gasteiger partial charge on any atom is -0.350 e. The van der Waals surface area contributed by atoms with Crippen molar-refractivity contribution in [3.63, 3.8) is 0 Å². The van der Waals surface area contributed by atoms with Crippen LogP contribution in [-0.4, -0.2) is 58.9 Å². The first kappa shape index (κ1) is 25.5. The molecule has 2 aliphatic rings. The molecule has 1 saturated heterocycles. The van der Waals surface area contributed by atoms with Gasteiger partial charge >= 0.3 is 0 Å². The van der Waals surface area contributed by atoms with Crippen molar-refractivity contribution in [1.82, 2.24) is 15.1 Å². The fourth-order valence-corrected chi connectivity index (χ4v) is 5.06. The van der Waals surface area contributed by atoms with E-state index in [4.69, 9.17) is 28.9 Å². The molecule has 1 aliphatic heterocycles. The monoisotopic (exact) mass is 516 g/mol. The van der Waals surface area contributed by atoms with Crippen molar-refractivity contribution in [3.8, 4) is 0 Å². The number of nitrogens with one attached hydrogen (secondary N) is 1. The number of rotatable bonds is 6. The minimum atomic E-state index is -1.02. The van der Waals surface area contributed by atoms with Crippen LogP contribution in [0.25, 0.3) is 0 Å². The zero-order valence-electron chi connectivity index (χ0n) is 19.5. The first-order valence-electron chi connectivity index (χ1n) is 12.0. The molecule has 186 valence electrons. The summed E-state index contributed by atoms with van der Waals surface area (Å²) in [5, 5.41) is 3.66. The number of benzene rings is 2. The molecule has 0 bridgehead atoms. The van der Waals surface area contributed by atoms with E-state index in [1.165, 1.54) is 15.9 Å². The van der Waals surface area contributed by atoms with Gasteiger partial charge in [-0.25, -0.2) is 0 Å². The molecule has 1 unspecified atom stereocenters. The molecule has 9 heteroatoms. The van der Waals surface area contributed by atoms with E-state index in [2.05, 4.69) is 5.32 Å². The quantitative estimate of drug-likeness (QED) is 0.612. The zero-order chi connectivity index (χ0) is 24.9. The molecule has 7 nitrogen and oxygen atoms in total. The van der Waals surface area contributed by atoms with Crippen LogP contribution in [0.5, 0.6) is 0 Å². The normalized spacial score (nSPS) is 22.2. The second-order valence-corrected chi connectivity index (χ2v) is 10.0. The summed E-state index contributed by atoms with van der Waals surface area (Å²) in [4.78, 5) is 43.1. The van der Waals surface area contributed by atoms with Gasteiger partial charge in [-0.1, -0.05) is 53.5 Å². The second-order valence-electron chi connectivity index (χ2n) is 9.19. The predicted molar refractivity (Wildman–Crippen MR) is 136 cm³/mol. The average molecular weight is 517 g/mol. The number of aryl methyl sites for hydroxylation is 1. The summed E-state index contributed by atoms with van der Waals surface area (Å²) in [5.74, 6) is -0.874. The van der Waals surface area contributed by atoms with E-state index in [1.54, 1.807) is 12.1 Å². The number of carbonyl (C=O) groups is 3. The largest absolute Gasteiger partial charge is 0.350 e. The number of nitrogens with zero attached hydrogens (tertiary/aromatic N) is 2. The third kappa shape index (κ3) is 6.15. The highest BCUT2D eigenvalue weighted by Crippen LogP contribution is 2.26. The molecule has 1 aliphatic carbocycles. The van der Waals surface area contributed by atoms with Gasteiger partial charge < -0.3 is 20.9 Å². The molecule has 0 radical (unpaired) electrons. The van der Waals surface area contributed by atoms with Crippen LogP contribution in [0, 0.1) is 0 Å². The van der Waals surface area contributed by atoms with Crippen LogP contribution >= 0.6 is 23.2 Å². The van der Waals surface area contributed by atoms with Crippen molar-refractivity contribution in [2.24, 2.45) is 5.73 Å². The molecule has 4 rings (SSSR count). The topological polar surface area (TPSA) is 95.7 Å². The summed E-state index contributed by atoms with van der Waals surface area (Å²) in [5.41, 5.74) is 7.37. The second kappa shape index (κ2) is 11.4. The minimum absolute atomic E-state index is 0.0221. The number of hydrogen-bond donors (Lipinski definition) is 2. The molecule has 3 N–H and O–H groups in total. The Kier molecular flexibility index (Phi) is 8.31. The summed E-state index contributed by atoms with van der Waals surface area (Å²) in [7, 11) is 0. The number of hydrogen-bond acceptors (Lipinski definition) is 4. The maximum atomic E-state index is 13.5. The molecule has 35 heavy (non-hydrogen) atoms. The Labute approximate surface area is 215 Å². The van der Waals surface area contributed by atoms with Gasteiger partial charge in [0, 0.05) is 37.2 Å². The molecular formula is C26H30Cl2N4O3. The van der Waals surface area contributed by atoms with Crippen LogP contribution in [0.4, 0.5) is 0 Å². The Morgan fingerprint density at radius 2 is 1.60 bits per heavy atom. The van der Waals surface area contributed by atoms with Crippen molar-refractivity contribution >= 4 is 40.9 Å². The zero-order valence-corrected chi connectivity index (χ0v) is 21.0. The van der Waals surface area contributed by atoms with E-state index in [0.717, 1.165) is 31.2 Å². The van der Waals surface area contributed by atoms with Crippen LogP contribution in [-0.2, 0) is 16.0 Å². The fraction of sp³-hybridized carbons (Fsp3) is 0.423. The smallest absolute Gasteiger partial charge is 0.264 e. The first-order valence-corrected chi connectivity index (χ1v) is 12.7. The van der Waals surface area contributed by atoms with Crippen LogP contribution in [0.3, 0.4) is 0 Å². The van der Waals surface area contributed by atoms with Gasteiger partial charge in [-0.3, -0.25) is 14.4 Å². The van der Waals surface area contributed by atoms with E-state index in [-0.39, 0.29) is 54.3 Å². The standard InChI is InChI=1S/C26H30Cl2N4O3/c27-21-12-7-18(16-22(21)28)26(35)32-15-14-31(23(33)13-6-17-4-2-1-3-5-17)25(32)24(34)30-20-10-8-19(29)9-11-20/h1-5,7,12,16,19-20,25H,6,8-11,13-15,29H2,(H,30,34). The molecule has 1 heterocycles. The number of nitrogens with two attached hydrogens (primary N) is 1. The van der Waals surface area contributed by atoms with E-state index in [0.29, 0.717) is 17.0 Å². The summed E-state index contributed by atoms with van der Waals surface area (Å²) in [6.45, 7) is 0.540. The maximum absolute atomic E-state index is 13.5. The highest BCUT2D eigenvalue weighted by Gasteiger charge is 2.43. The van der Waals surface area contributed by atoms with Crippen molar-refractivity contribution in [2.45, 2.75) is 56.8 Å². The highest BCUT2D eigenvalue weighted by molar-refractivity contribution is 6.42. The number of halogens is 2. The molecular weight excluding hydrogens is 487 g/mol. The Morgan fingerprint density at radius 3 is 2.29 bits per heavy atom. The van der Waals surface area contributed by atoms with E-state index in [9.17, 15) is 14.4 Å². The average Bonchev–Trinajstić information content (AvgIpc) is 3.31. The number of amides is 3. The van der Waals surface area contributed by atoms with E-state index < -0.39 is 6.17 Å². The van der Waals surface area contributed by atoms with E-state index >= 15 is 0 Å². The summed E-state index contributed by atoms with van der Waals surface area (Å²) < 4.78 is 0. The molecule has 1 atom stereocenters. The third-order valence-electron chi connectivity index (χ3n) is 6.74. The number of carbonyl (C=O) groups excluding carboxylic acids is 3. The van der Waals surface area contributed by atoms with Gasteiger partial charge in [0.2, 0.25) is 5.91 Å². The van der Waals surface area contributed by atoms with Crippen molar-refractivity contribution in [3.05, 3.63) is 69.7 Å². The van der Waals surface area contributed by atoms with Crippen LogP contribution in [0.2, 0.25) is 10.0 Å². The Morgan fingerprint density at radius 1 is 0.914 bits per heavy atom. The molecule has 2 aromatic rings. The summed E-state index contributed by atoms with van der Waals surface area (Å²) in [6, 6.07) is 14.5. The fourth-order valence-electron chi connectivity index (χ4n) is 4.76. The van der Waals surface area contributed by atoms with Gasteiger partial charge in [0.25, 0.3) is 11.8 Å². The van der Waals surface area contributed by atoms with Crippen LogP contribution < -0.4 is 11.1 Å².